The summed E-state index contributed by atoms with van der Waals surface area (Å²) >= 11 is 2.28. The van der Waals surface area contributed by atoms with Gasteiger partial charge >= 0.3 is 0 Å². The van der Waals surface area contributed by atoms with Crippen molar-refractivity contribution in [2.24, 2.45) is 0 Å². The largest absolute Gasteiger partial charge is 0.516 e. The Bertz CT molecular complexity index is 255. The summed E-state index contributed by atoms with van der Waals surface area (Å²) in [6.45, 7) is 0. The van der Waals surface area contributed by atoms with Crippen LogP contribution in [0.25, 0.3) is 0 Å². The lowest BCUT2D eigenvalue weighted by atomic mass is 10.2. The Labute approximate surface area is 79.9 Å². The van der Waals surface area contributed by atoms with Crippen molar-refractivity contribution in [3.63, 3.8) is 0 Å². The molecule has 58 valence electrons. The van der Waals surface area contributed by atoms with Gasteiger partial charge in [0.25, 0.3) is 0 Å². The lowest BCUT2D eigenvalue weighted by Gasteiger charge is -1.97. The third-order valence-electron chi connectivity index (χ3n) is 1.40. The van der Waals surface area contributed by atoms with Crippen LogP contribution in [0.1, 0.15) is 5.56 Å². The molecule has 0 aliphatic rings. The average Bonchev–Trinajstić information content (AvgIpc) is 2.03. The van der Waals surface area contributed by atoms with Gasteiger partial charge in [0.15, 0.2) is 0 Å². The van der Waals surface area contributed by atoms with E-state index in [1.165, 1.54) is 9.13 Å². The quantitative estimate of drug-likeness (QED) is 0.640. The van der Waals surface area contributed by atoms with Gasteiger partial charge in [0.05, 0.1) is 6.26 Å². The Balaban J connectivity index is 2.77. The van der Waals surface area contributed by atoms with Crippen molar-refractivity contribution in [2.75, 3.05) is 0 Å². The molecule has 0 spiro atoms. The fourth-order valence-electron chi connectivity index (χ4n) is 0.844. The second-order valence-corrected chi connectivity index (χ2v) is 3.34. The van der Waals surface area contributed by atoms with Gasteiger partial charge in [-0.2, -0.15) is 0 Å². The number of hydrogen-bond donors (Lipinski definition) is 1. The van der Waals surface area contributed by atoms with Gasteiger partial charge in [-0.05, 0) is 46.7 Å². The molecule has 1 aromatic carbocycles. The number of rotatable bonds is 2. The summed E-state index contributed by atoms with van der Waals surface area (Å²) in [5.74, 6) is 0. The molecule has 0 radical (unpaired) electrons. The fourth-order valence-corrected chi connectivity index (χ4v) is 1.45. The molecule has 0 saturated heterocycles. The van der Waals surface area contributed by atoms with Crippen LogP contribution >= 0.6 is 22.6 Å². The van der Waals surface area contributed by atoms with Gasteiger partial charge in [0, 0.05) is 3.57 Å². The second-order valence-electron chi connectivity index (χ2n) is 2.18. The first-order valence-electron chi connectivity index (χ1n) is 3.37. The number of allylic oxidation sites excluding steroid dienone is 1. The van der Waals surface area contributed by atoms with Crippen LogP contribution in [0, 0.1) is 3.57 Å². The Hall–Kier alpha value is -0.510. The Morgan fingerprint density at radius 2 is 2.09 bits per heavy atom. The first-order chi connectivity index (χ1) is 5.34. The Morgan fingerprint density at radius 1 is 1.36 bits per heavy atom. The van der Waals surface area contributed by atoms with E-state index < -0.39 is 0 Å². The normalized spacial score (nSPS) is 10.6. The molecule has 0 fully saturated rings. The first-order valence-corrected chi connectivity index (χ1v) is 4.45. The minimum Gasteiger partial charge on any atom is -0.516 e. The standard InChI is InChI=1S/C9H9IO/c10-9-6-2-1-4-8(9)5-3-7-11/h1-4,6-7,11H,5H2. The van der Waals surface area contributed by atoms with Crippen LogP contribution in [0.4, 0.5) is 0 Å². The van der Waals surface area contributed by atoms with E-state index in [-0.39, 0.29) is 0 Å². The molecule has 1 rings (SSSR count). The highest BCUT2D eigenvalue weighted by molar-refractivity contribution is 14.1. The highest BCUT2D eigenvalue weighted by Gasteiger charge is 1.93. The molecule has 0 amide bonds. The van der Waals surface area contributed by atoms with Crippen LogP contribution in [-0.4, -0.2) is 5.11 Å². The van der Waals surface area contributed by atoms with Gasteiger partial charge in [-0.1, -0.05) is 18.2 Å². The first kappa shape index (κ1) is 8.59. The third kappa shape index (κ3) is 2.54. The monoisotopic (exact) mass is 260 g/mol. The van der Waals surface area contributed by atoms with Crippen molar-refractivity contribution in [1.82, 2.24) is 0 Å². The summed E-state index contributed by atoms with van der Waals surface area (Å²) in [5, 5.41) is 8.44. The van der Waals surface area contributed by atoms with Crippen molar-refractivity contribution in [2.45, 2.75) is 6.42 Å². The minimum absolute atomic E-state index is 0.801. The predicted octanol–water partition coefficient (Wildman–Crippen LogP) is 2.91. The van der Waals surface area contributed by atoms with E-state index in [1.807, 2.05) is 12.1 Å². The SMILES string of the molecule is OC=CCc1ccccc1I. The van der Waals surface area contributed by atoms with Crippen molar-refractivity contribution in [3.05, 3.63) is 45.7 Å². The third-order valence-corrected chi connectivity index (χ3v) is 2.45. The topological polar surface area (TPSA) is 20.2 Å². The molecule has 0 aliphatic heterocycles. The molecule has 0 bridgehead atoms. The highest BCUT2D eigenvalue weighted by atomic mass is 127. The molecular weight excluding hydrogens is 251 g/mol. The van der Waals surface area contributed by atoms with Crippen molar-refractivity contribution in [1.29, 1.82) is 0 Å². The van der Waals surface area contributed by atoms with E-state index in [0.29, 0.717) is 0 Å². The summed E-state index contributed by atoms with van der Waals surface area (Å²) < 4.78 is 1.24. The zero-order chi connectivity index (χ0) is 8.10. The zero-order valence-electron chi connectivity index (χ0n) is 6.00. The van der Waals surface area contributed by atoms with Gasteiger partial charge in [-0.25, -0.2) is 0 Å². The summed E-state index contributed by atoms with van der Waals surface area (Å²) in [6, 6.07) is 8.12. The molecule has 2 heteroatoms. The smallest absolute Gasteiger partial charge is 0.0755 e. The van der Waals surface area contributed by atoms with E-state index in [1.54, 1.807) is 6.08 Å². The lowest BCUT2D eigenvalue weighted by molar-refractivity contribution is 0.471. The van der Waals surface area contributed by atoms with Gasteiger partial charge in [0.2, 0.25) is 0 Å². The molecule has 0 unspecified atom stereocenters. The second kappa shape index (κ2) is 4.38. The molecule has 0 aliphatic carbocycles. The molecule has 0 heterocycles. The van der Waals surface area contributed by atoms with Crippen LogP contribution in [0.15, 0.2) is 36.6 Å². The van der Waals surface area contributed by atoms with E-state index in [2.05, 4.69) is 34.7 Å². The Kier molecular flexibility index (Phi) is 3.42. The molecule has 0 saturated carbocycles. The summed E-state index contributed by atoms with van der Waals surface area (Å²) in [5.41, 5.74) is 1.25. The number of halogens is 1. The van der Waals surface area contributed by atoms with E-state index in [9.17, 15) is 0 Å². The highest BCUT2D eigenvalue weighted by Crippen LogP contribution is 2.11. The van der Waals surface area contributed by atoms with Gasteiger partial charge in [-0.3, -0.25) is 0 Å². The molecule has 11 heavy (non-hydrogen) atoms. The van der Waals surface area contributed by atoms with Gasteiger partial charge < -0.3 is 5.11 Å². The Morgan fingerprint density at radius 3 is 2.73 bits per heavy atom. The molecule has 1 nitrogen and oxygen atoms in total. The maximum Gasteiger partial charge on any atom is 0.0755 e. The fraction of sp³-hybridized carbons (Fsp3) is 0.111. The summed E-state index contributed by atoms with van der Waals surface area (Å²) in [6.07, 6.45) is 3.62. The summed E-state index contributed by atoms with van der Waals surface area (Å²) in [7, 11) is 0. The van der Waals surface area contributed by atoms with Crippen LogP contribution in [-0.2, 0) is 6.42 Å². The number of hydrogen-bond acceptors (Lipinski definition) is 1. The maximum absolute atomic E-state index is 8.44. The number of aliphatic hydroxyl groups excluding tert-OH is 1. The molecule has 1 aromatic rings. The molecule has 1 N–H and O–H groups in total. The van der Waals surface area contributed by atoms with Crippen LogP contribution < -0.4 is 0 Å². The van der Waals surface area contributed by atoms with E-state index in [0.717, 1.165) is 12.7 Å². The van der Waals surface area contributed by atoms with E-state index in [4.69, 9.17) is 5.11 Å². The maximum atomic E-state index is 8.44. The lowest BCUT2D eigenvalue weighted by Crippen LogP contribution is -1.84. The van der Waals surface area contributed by atoms with Crippen LogP contribution in [0.5, 0.6) is 0 Å². The van der Waals surface area contributed by atoms with Crippen molar-refractivity contribution < 1.29 is 5.11 Å². The predicted molar refractivity (Wildman–Crippen MR) is 54.6 cm³/mol. The summed E-state index contributed by atoms with van der Waals surface area (Å²) in [4.78, 5) is 0. The van der Waals surface area contributed by atoms with Crippen molar-refractivity contribution in [3.8, 4) is 0 Å². The van der Waals surface area contributed by atoms with E-state index >= 15 is 0 Å². The molecular formula is C9H9IO. The average molecular weight is 260 g/mol. The van der Waals surface area contributed by atoms with Crippen molar-refractivity contribution >= 4 is 22.6 Å². The molecule has 0 aromatic heterocycles. The number of benzene rings is 1. The van der Waals surface area contributed by atoms with Gasteiger partial charge in [-0.15, -0.1) is 0 Å². The zero-order valence-corrected chi connectivity index (χ0v) is 8.15. The van der Waals surface area contributed by atoms with Crippen LogP contribution in [0.2, 0.25) is 0 Å². The van der Waals surface area contributed by atoms with Gasteiger partial charge in [0.1, 0.15) is 0 Å². The number of aliphatic hydroxyl groups is 1. The van der Waals surface area contributed by atoms with Crippen LogP contribution in [0.3, 0.4) is 0 Å². The minimum atomic E-state index is 0.801. The molecule has 0 atom stereocenters.